The minimum absolute atomic E-state index is 0.152. The van der Waals surface area contributed by atoms with E-state index in [-0.39, 0.29) is 17.5 Å². The fourth-order valence-corrected chi connectivity index (χ4v) is 3.70. The van der Waals surface area contributed by atoms with E-state index in [1.807, 2.05) is 18.2 Å². The molecule has 0 aliphatic carbocycles. The van der Waals surface area contributed by atoms with Gasteiger partial charge in [-0.3, -0.25) is 0 Å². The molecule has 2 aromatic rings. The number of phenolic OH excluding ortho intramolecular Hbond substituents is 2. The number of quaternary nitrogens is 1. The van der Waals surface area contributed by atoms with Crippen LogP contribution in [0.4, 0.5) is 0 Å². The molecule has 1 aliphatic heterocycles. The van der Waals surface area contributed by atoms with E-state index in [2.05, 4.69) is 14.1 Å². The van der Waals surface area contributed by atoms with Crippen molar-refractivity contribution in [2.75, 3.05) is 34.9 Å². The maximum atomic E-state index is 10.2. The number of hydrogen-bond donors (Lipinski definition) is 2. The Morgan fingerprint density at radius 2 is 1.68 bits per heavy atom. The van der Waals surface area contributed by atoms with E-state index in [4.69, 9.17) is 9.47 Å². The number of likely N-dealkylation sites (N-methyl/N-ethyl adjacent to an activating group) is 1. The first-order valence-electron chi connectivity index (χ1n) is 8.44. The summed E-state index contributed by atoms with van der Waals surface area (Å²) in [5, 5.41) is 20.3. The SMILES string of the molecule is COc1ccc(CC2c3cc(O)c(OC)cc3CC[N+]2(C)C)cc1O. The van der Waals surface area contributed by atoms with Crippen molar-refractivity contribution in [3.05, 3.63) is 47.0 Å². The predicted octanol–water partition coefficient (Wildman–Crippen LogP) is 3.03. The molecule has 2 N–H and O–H groups in total. The normalized spacial score (nSPS) is 18.5. The standard InChI is InChI=1S/C20H25NO4/c1-21(2)8-7-14-11-20(25-4)18(23)12-15(14)16(21)9-13-5-6-19(24-3)17(22)10-13/h5-6,10-12,16H,7-9H2,1-4H3,(H-,22,23)/p+1. The van der Waals surface area contributed by atoms with Crippen LogP contribution in [0, 0.1) is 0 Å². The number of aromatic hydroxyl groups is 2. The average molecular weight is 344 g/mol. The Morgan fingerprint density at radius 3 is 2.32 bits per heavy atom. The van der Waals surface area contributed by atoms with Crippen LogP contribution in [0.15, 0.2) is 30.3 Å². The second-order valence-corrected chi connectivity index (χ2v) is 7.20. The van der Waals surface area contributed by atoms with Gasteiger partial charge in [-0.1, -0.05) is 6.07 Å². The van der Waals surface area contributed by atoms with Gasteiger partial charge in [0.2, 0.25) is 0 Å². The Morgan fingerprint density at radius 1 is 1.00 bits per heavy atom. The van der Waals surface area contributed by atoms with E-state index >= 15 is 0 Å². The second-order valence-electron chi connectivity index (χ2n) is 7.20. The van der Waals surface area contributed by atoms with Crippen molar-refractivity contribution in [3.63, 3.8) is 0 Å². The van der Waals surface area contributed by atoms with Crippen LogP contribution >= 0.6 is 0 Å². The Bertz CT molecular complexity index is 786. The number of hydrogen-bond acceptors (Lipinski definition) is 4. The quantitative estimate of drug-likeness (QED) is 0.837. The Hall–Kier alpha value is -2.40. The molecule has 1 atom stereocenters. The van der Waals surface area contributed by atoms with E-state index in [0.717, 1.165) is 35.0 Å². The number of fused-ring (bicyclic) bond motifs is 1. The van der Waals surface area contributed by atoms with Gasteiger partial charge >= 0.3 is 0 Å². The number of phenols is 2. The summed E-state index contributed by atoms with van der Waals surface area (Å²) in [6.07, 6.45) is 1.71. The Kier molecular flexibility index (Phi) is 4.52. The van der Waals surface area contributed by atoms with Gasteiger partial charge in [-0.15, -0.1) is 0 Å². The van der Waals surface area contributed by atoms with Crippen LogP contribution in [-0.2, 0) is 12.8 Å². The molecule has 0 radical (unpaired) electrons. The molecule has 5 heteroatoms. The molecule has 0 saturated heterocycles. The van der Waals surface area contributed by atoms with E-state index in [9.17, 15) is 10.2 Å². The fourth-order valence-electron chi connectivity index (χ4n) is 3.70. The highest BCUT2D eigenvalue weighted by Crippen LogP contribution is 2.41. The van der Waals surface area contributed by atoms with Gasteiger partial charge in [0.25, 0.3) is 0 Å². The lowest BCUT2D eigenvalue weighted by Crippen LogP contribution is -2.48. The van der Waals surface area contributed by atoms with Crippen LogP contribution in [0.2, 0.25) is 0 Å². The molecule has 0 saturated carbocycles. The molecule has 1 unspecified atom stereocenters. The number of ether oxygens (including phenoxy) is 2. The predicted molar refractivity (Wildman–Crippen MR) is 96.4 cm³/mol. The van der Waals surface area contributed by atoms with Crippen molar-refractivity contribution in [3.8, 4) is 23.0 Å². The molecule has 2 aromatic carbocycles. The molecule has 0 fully saturated rings. The summed E-state index contributed by atoms with van der Waals surface area (Å²) in [5.41, 5.74) is 3.40. The summed E-state index contributed by atoms with van der Waals surface area (Å²) in [6, 6.07) is 9.50. The molecule has 1 heterocycles. The average Bonchev–Trinajstić information content (AvgIpc) is 2.57. The van der Waals surface area contributed by atoms with Crippen molar-refractivity contribution < 1.29 is 24.2 Å². The third kappa shape index (κ3) is 3.24. The highest BCUT2D eigenvalue weighted by atomic mass is 16.5. The van der Waals surface area contributed by atoms with Gasteiger partial charge in [0.05, 0.1) is 34.9 Å². The van der Waals surface area contributed by atoms with Crippen LogP contribution in [0.5, 0.6) is 23.0 Å². The number of rotatable bonds is 4. The number of methoxy groups -OCH3 is 2. The fraction of sp³-hybridized carbons (Fsp3) is 0.400. The zero-order valence-electron chi connectivity index (χ0n) is 15.2. The summed E-state index contributed by atoms with van der Waals surface area (Å²) < 4.78 is 11.2. The lowest BCUT2D eigenvalue weighted by molar-refractivity contribution is -0.923. The summed E-state index contributed by atoms with van der Waals surface area (Å²) >= 11 is 0. The smallest absolute Gasteiger partial charge is 0.160 e. The summed E-state index contributed by atoms with van der Waals surface area (Å²) in [6.45, 7) is 1.01. The molecule has 25 heavy (non-hydrogen) atoms. The molecular formula is C20H26NO4+. The summed E-state index contributed by atoms with van der Waals surface area (Å²) in [5.74, 6) is 1.32. The van der Waals surface area contributed by atoms with Gasteiger partial charge in [-0.05, 0) is 35.4 Å². The maximum absolute atomic E-state index is 10.2. The van der Waals surface area contributed by atoms with Gasteiger partial charge in [-0.2, -0.15) is 0 Å². The molecule has 5 nitrogen and oxygen atoms in total. The summed E-state index contributed by atoms with van der Waals surface area (Å²) in [7, 11) is 7.53. The molecule has 3 rings (SSSR count). The van der Waals surface area contributed by atoms with Gasteiger partial charge in [0.15, 0.2) is 23.0 Å². The third-order valence-electron chi connectivity index (χ3n) is 5.27. The molecule has 0 amide bonds. The van der Waals surface area contributed by atoms with Gasteiger partial charge in [0, 0.05) is 18.4 Å². The third-order valence-corrected chi connectivity index (χ3v) is 5.27. The van der Waals surface area contributed by atoms with Crippen LogP contribution < -0.4 is 9.47 Å². The van der Waals surface area contributed by atoms with Crippen LogP contribution in [0.1, 0.15) is 22.7 Å². The summed E-state index contributed by atoms with van der Waals surface area (Å²) in [4.78, 5) is 0. The van der Waals surface area contributed by atoms with Crippen molar-refractivity contribution in [2.24, 2.45) is 0 Å². The second kappa shape index (κ2) is 6.48. The Labute approximate surface area is 148 Å². The van der Waals surface area contributed by atoms with Crippen LogP contribution in [0.3, 0.4) is 0 Å². The Balaban J connectivity index is 2.00. The molecule has 0 bridgehead atoms. The molecule has 1 aliphatic rings. The highest BCUT2D eigenvalue weighted by Gasteiger charge is 2.36. The zero-order chi connectivity index (χ0) is 18.2. The number of benzene rings is 2. The molecular weight excluding hydrogens is 318 g/mol. The monoisotopic (exact) mass is 344 g/mol. The lowest BCUT2D eigenvalue weighted by atomic mass is 9.87. The van der Waals surface area contributed by atoms with Gasteiger partial charge in [0.1, 0.15) is 6.04 Å². The first kappa shape index (κ1) is 17.4. The molecule has 134 valence electrons. The minimum atomic E-state index is 0.152. The van der Waals surface area contributed by atoms with Crippen LogP contribution in [0.25, 0.3) is 0 Å². The van der Waals surface area contributed by atoms with Crippen molar-refractivity contribution >= 4 is 0 Å². The minimum Gasteiger partial charge on any atom is -0.504 e. The van der Waals surface area contributed by atoms with Gasteiger partial charge < -0.3 is 24.2 Å². The van der Waals surface area contributed by atoms with Crippen molar-refractivity contribution in [1.29, 1.82) is 0 Å². The van der Waals surface area contributed by atoms with Crippen molar-refractivity contribution in [2.45, 2.75) is 18.9 Å². The first-order chi connectivity index (χ1) is 11.9. The molecule has 0 spiro atoms. The van der Waals surface area contributed by atoms with Crippen molar-refractivity contribution in [1.82, 2.24) is 0 Å². The van der Waals surface area contributed by atoms with Gasteiger partial charge in [-0.25, -0.2) is 0 Å². The van der Waals surface area contributed by atoms with E-state index < -0.39 is 0 Å². The topological polar surface area (TPSA) is 58.9 Å². The first-order valence-corrected chi connectivity index (χ1v) is 8.44. The number of nitrogens with zero attached hydrogens (tertiary/aromatic N) is 1. The van der Waals surface area contributed by atoms with E-state index in [1.54, 1.807) is 26.4 Å². The van der Waals surface area contributed by atoms with E-state index in [0.29, 0.717) is 11.5 Å². The van der Waals surface area contributed by atoms with E-state index in [1.165, 1.54) is 5.56 Å². The largest absolute Gasteiger partial charge is 0.504 e. The zero-order valence-corrected chi connectivity index (χ0v) is 15.2. The maximum Gasteiger partial charge on any atom is 0.160 e. The highest BCUT2D eigenvalue weighted by molar-refractivity contribution is 5.49. The van der Waals surface area contributed by atoms with Crippen LogP contribution in [-0.4, -0.2) is 49.6 Å². The lowest BCUT2D eigenvalue weighted by Gasteiger charge is -2.43. The molecule has 0 aromatic heterocycles.